The van der Waals surface area contributed by atoms with Gasteiger partial charge in [-0.3, -0.25) is 0 Å². The summed E-state index contributed by atoms with van der Waals surface area (Å²) in [6.07, 6.45) is 4.55. The summed E-state index contributed by atoms with van der Waals surface area (Å²) in [5, 5.41) is 22.1. The van der Waals surface area contributed by atoms with E-state index in [2.05, 4.69) is 62.4 Å². The molecule has 0 aromatic heterocycles. The molecule has 3 atom stereocenters. The summed E-state index contributed by atoms with van der Waals surface area (Å²) in [5.41, 5.74) is 7.28. The molecule has 1 saturated heterocycles. The lowest BCUT2D eigenvalue weighted by Gasteiger charge is -2.37. The third kappa shape index (κ3) is 12.4. The highest BCUT2D eigenvalue weighted by Gasteiger charge is 2.40. The Morgan fingerprint density at radius 3 is 1.63 bits per heavy atom. The first-order chi connectivity index (χ1) is 29.9. The molecule has 0 spiro atoms. The van der Waals surface area contributed by atoms with Crippen molar-refractivity contribution in [3.05, 3.63) is 191 Å². The minimum Gasteiger partial charge on any atom is -0.508 e. The summed E-state index contributed by atoms with van der Waals surface area (Å²) in [7, 11) is 0. The molecule has 0 amide bonds. The first-order valence-corrected chi connectivity index (χ1v) is 22.3. The van der Waals surface area contributed by atoms with E-state index in [0.29, 0.717) is 25.0 Å². The average Bonchev–Trinajstić information content (AvgIpc) is 3.32. The van der Waals surface area contributed by atoms with Gasteiger partial charge in [-0.05, 0) is 119 Å². The Morgan fingerprint density at radius 1 is 0.645 bits per heavy atom. The molecule has 0 bridgehead atoms. The van der Waals surface area contributed by atoms with Crippen LogP contribution in [0.2, 0.25) is 0 Å². The molecule has 62 heavy (non-hydrogen) atoms. The lowest BCUT2D eigenvalue weighted by Crippen LogP contribution is -2.35. The molecule has 6 nitrogen and oxygen atoms in total. The zero-order chi connectivity index (χ0) is 42.9. The molecule has 1 fully saturated rings. The minimum absolute atomic E-state index is 0. The van der Waals surface area contributed by atoms with E-state index in [1.54, 1.807) is 12.1 Å². The van der Waals surface area contributed by atoms with E-state index in [-0.39, 0.29) is 25.4 Å². The molecule has 1 heterocycles. The third-order valence-corrected chi connectivity index (χ3v) is 11.2. The minimum atomic E-state index is -1.24. The monoisotopic (exact) mass is 874 g/mol. The van der Waals surface area contributed by atoms with Gasteiger partial charge in [-0.15, -0.1) is 23.2 Å². The standard InChI is InChI=1S/C29H33ClO4.C24H23ClO2.CH4/c1-2-27(22-8-4-3-5-9-22)29(31,23-11-15-25(16-12-23)32-21-19-30)24-13-17-26(18-14-24)34-28-10-6-7-20-33-28;1-2-23(18-6-4-3-5-7-18)24(19-8-12-21(26)13-9-19)20-10-14-22(15-11-20)27-17-16-25;/h3-5,8-9,11-18,27-28,31H,2,6-7,10,19-21H2,1H3;3-15,26H,2,16-17H2,1H3;1H4/b;24-23-;. The molecule has 3 unspecified atom stereocenters. The second-order valence-corrected chi connectivity index (χ2v) is 15.6. The predicted molar refractivity (Wildman–Crippen MR) is 256 cm³/mol. The van der Waals surface area contributed by atoms with Crippen LogP contribution in [0.25, 0.3) is 11.1 Å². The molecular formula is C54H60Cl2O6. The molecule has 6 aromatic rings. The maximum Gasteiger partial charge on any atom is 0.199 e. The van der Waals surface area contributed by atoms with E-state index in [1.807, 2.05) is 97.1 Å². The van der Waals surface area contributed by atoms with Crippen molar-refractivity contribution in [1.82, 2.24) is 0 Å². The van der Waals surface area contributed by atoms with Gasteiger partial charge in [0, 0.05) is 12.3 Å². The molecule has 1 aliphatic heterocycles. The first kappa shape index (κ1) is 47.8. The molecule has 6 aromatic carbocycles. The van der Waals surface area contributed by atoms with Crippen LogP contribution in [0.15, 0.2) is 158 Å². The number of allylic oxidation sites excluding steroid dienone is 1. The van der Waals surface area contributed by atoms with Crippen LogP contribution in [0.4, 0.5) is 0 Å². The van der Waals surface area contributed by atoms with Gasteiger partial charge in [0.1, 0.15) is 41.8 Å². The van der Waals surface area contributed by atoms with E-state index >= 15 is 0 Å². The van der Waals surface area contributed by atoms with E-state index in [4.69, 9.17) is 42.1 Å². The van der Waals surface area contributed by atoms with Gasteiger partial charge in [0.05, 0.1) is 18.4 Å². The number of ether oxygens (including phenoxy) is 4. The van der Waals surface area contributed by atoms with Gasteiger partial charge in [0.2, 0.25) is 0 Å². The molecule has 0 radical (unpaired) electrons. The van der Waals surface area contributed by atoms with Crippen molar-refractivity contribution >= 4 is 34.3 Å². The maximum atomic E-state index is 12.4. The zero-order valence-corrected chi connectivity index (χ0v) is 36.5. The van der Waals surface area contributed by atoms with Crippen LogP contribution in [-0.2, 0) is 10.3 Å². The SMILES string of the molecule is C.CC/C(=C(\c1ccc(O)cc1)c1ccc(OCCCl)cc1)c1ccccc1.CCC(c1ccccc1)C(O)(c1ccc(OCCCl)cc1)c1ccc(OC2CCCCO2)cc1. The highest BCUT2D eigenvalue weighted by atomic mass is 35.5. The van der Waals surface area contributed by atoms with Crippen molar-refractivity contribution < 1.29 is 29.2 Å². The van der Waals surface area contributed by atoms with E-state index in [9.17, 15) is 10.2 Å². The number of rotatable bonds is 17. The molecule has 7 rings (SSSR count). The normalized spacial score (nSPS) is 15.3. The first-order valence-electron chi connectivity index (χ1n) is 21.2. The van der Waals surface area contributed by atoms with Gasteiger partial charge >= 0.3 is 0 Å². The largest absolute Gasteiger partial charge is 0.508 e. The summed E-state index contributed by atoms with van der Waals surface area (Å²) in [5.74, 6) is 3.30. The van der Waals surface area contributed by atoms with Gasteiger partial charge in [0.15, 0.2) is 6.29 Å². The molecular weight excluding hydrogens is 815 g/mol. The number of hydrogen-bond acceptors (Lipinski definition) is 6. The van der Waals surface area contributed by atoms with E-state index < -0.39 is 5.60 Å². The molecule has 8 heteroatoms. The van der Waals surface area contributed by atoms with Crippen molar-refractivity contribution in [1.29, 1.82) is 0 Å². The summed E-state index contributed by atoms with van der Waals surface area (Å²) in [4.78, 5) is 0. The average molecular weight is 876 g/mol. The third-order valence-electron chi connectivity index (χ3n) is 10.9. The fourth-order valence-electron chi connectivity index (χ4n) is 7.91. The number of hydrogen-bond donors (Lipinski definition) is 2. The van der Waals surface area contributed by atoms with Gasteiger partial charge in [-0.1, -0.05) is 130 Å². The molecule has 0 saturated carbocycles. The van der Waals surface area contributed by atoms with Gasteiger partial charge in [-0.2, -0.15) is 0 Å². The number of phenolic OH excluding ortho intramolecular Hbond substituents is 1. The topological polar surface area (TPSA) is 77.4 Å². The van der Waals surface area contributed by atoms with Crippen molar-refractivity contribution in [3.63, 3.8) is 0 Å². The lowest BCUT2D eigenvalue weighted by molar-refractivity contribution is -0.105. The van der Waals surface area contributed by atoms with Crippen LogP contribution < -0.4 is 14.2 Å². The van der Waals surface area contributed by atoms with Crippen LogP contribution in [-0.4, -0.2) is 48.1 Å². The Labute approximate surface area is 378 Å². The zero-order valence-electron chi connectivity index (χ0n) is 35.0. The van der Waals surface area contributed by atoms with Crippen LogP contribution >= 0.6 is 23.2 Å². The van der Waals surface area contributed by atoms with Crippen LogP contribution in [0.3, 0.4) is 0 Å². The number of alkyl halides is 2. The lowest BCUT2D eigenvalue weighted by atomic mass is 9.72. The Hall–Kier alpha value is -5.24. The summed E-state index contributed by atoms with van der Waals surface area (Å²) in [6.45, 7) is 5.95. The predicted octanol–water partition coefficient (Wildman–Crippen LogP) is 13.7. The Kier molecular flexibility index (Phi) is 18.8. The van der Waals surface area contributed by atoms with Crippen molar-refractivity contribution in [2.45, 2.75) is 71.2 Å². The van der Waals surface area contributed by atoms with Gasteiger partial charge < -0.3 is 29.2 Å². The highest BCUT2D eigenvalue weighted by molar-refractivity contribution is 6.18. The van der Waals surface area contributed by atoms with Crippen LogP contribution in [0, 0.1) is 0 Å². The Bertz CT molecular complexity index is 2210. The fourth-order valence-corrected chi connectivity index (χ4v) is 8.07. The van der Waals surface area contributed by atoms with Gasteiger partial charge in [0.25, 0.3) is 0 Å². The van der Waals surface area contributed by atoms with Crippen LogP contribution in [0.1, 0.15) is 92.7 Å². The smallest absolute Gasteiger partial charge is 0.199 e. The maximum absolute atomic E-state index is 12.4. The number of phenols is 1. The molecule has 326 valence electrons. The van der Waals surface area contributed by atoms with Crippen LogP contribution in [0.5, 0.6) is 23.0 Å². The van der Waals surface area contributed by atoms with Crippen molar-refractivity contribution in [2.24, 2.45) is 0 Å². The molecule has 1 aliphatic rings. The highest BCUT2D eigenvalue weighted by Crippen LogP contribution is 2.45. The number of halogens is 2. The van der Waals surface area contributed by atoms with Gasteiger partial charge in [-0.25, -0.2) is 0 Å². The quantitative estimate of drug-likeness (QED) is 0.0702. The number of aromatic hydroxyl groups is 1. The summed E-state index contributed by atoms with van der Waals surface area (Å²) < 4.78 is 23.0. The van der Waals surface area contributed by atoms with Crippen molar-refractivity contribution in [3.8, 4) is 23.0 Å². The number of benzene rings is 6. The summed E-state index contributed by atoms with van der Waals surface area (Å²) >= 11 is 11.5. The van der Waals surface area contributed by atoms with E-state index in [0.717, 1.165) is 89.3 Å². The fraction of sp³-hybridized carbons (Fsp3) is 0.296. The number of aliphatic hydroxyl groups is 1. The second kappa shape index (κ2) is 24.4. The second-order valence-electron chi connectivity index (χ2n) is 14.8. The Morgan fingerprint density at radius 2 is 1.15 bits per heavy atom. The molecule has 2 N–H and O–H groups in total. The van der Waals surface area contributed by atoms with Crippen molar-refractivity contribution in [2.75, 3.05) is 31.6 Å². The molecule has 0 aliphatic carbocycles. The summed E-state index contributed by atoms with van der Waals surface area (Å²) in [6, 6.07) is 51.5. The Balaban J connectivity index is 0.000000236. The van der Waals surface area contributed by atoms with E-state index in [1.165, 1.54) is 11.1 Å².